The van der Waals surface area contributed by atoms with Crippen LogP contribution in [0.15, 0.2) is 6.33 Å². The summed E-state index contributed by atoms with van der Waals surface area (Å²) in [6.45, 7) is 3.35. The number of rotatable bonds is 4. The van der Waals surface area contributed by atoms with Crippen LogP contribution in [0, 0.1) is 5.92 Å². The van der Waals surface area contributed by atoms with Crippen molar-refractivity contribution in [1.82, 2.24) is 14.9 Å². The highest BCUT2D eigenvalue weighted by atomic mass is 35.5. The highest BCUT2D eigenvalue weighted by Crippen LogP contribution is 2.29. The van der Waals surface area contributed by atoms with Crippen LogP contribution in [0.5, 0.6) is 0 Å². The Bertz CT molecular complexity index is 425. The van der Waals surface area contributed by atoms with Gasteiger partial charge in [-0.3, -0.25) is 0 Å². The van der Waals surface area contributed by atoms with Gasteiger partial charge < -0.3 is 15.1 Å². The van der Waals surface area contributed by atoms with Crippen molar-refractivity contribution in [3.8, 4) is 0 Å². The summed E-state index contributed by atoms with van der Waals surface area (Å²) in [5.41, 5.74) is 0.802. The van der Waals surface area contributed by atoms with E-state index in [1.165, 1.54) is 25.7 Å². The van der Waals surface area contributed by atoms with Crippen molar-refractivity contribution in [3.63, 3.8) is 0 Å². The van der Waals surface area contributed by atoms with Gasteiger partial charge in [-0.05, 0) is 32.4 Å². The van der Waals surface area contributed by atoms with Gasteiger partial charge in [-0.15, -0.1) is 0 Å². The van der Waals surface area contributed by atoms with Crippen molar-refractivity contribution in [1.29, 1.82) is 0 Å². The minimum Gasteiger partial charge on any atom is -0.383 e. The lowest BCUT2D eigenvalue weighted by molar-refractivity contribution is 0.213. The zero-order valence-electron chi connectivity index (χ0n) is 11.9. The van der Waals surface area contributed by atoms with Crippen LogP contribution in [0.3, 0.4) is 0 Å². The molecule has 1 fully saturated rings. The summed E-state index contributed by atoms with van der Waals surface area (Å²) >= 11 is 6.09. The molecular formula is C13H22ClN5. The molecule has 0 saturated carbocycles. The average molecular weight is 284 g/mol. The van der Waals surface area contributed by atoms with E-state index in [0.717, 1.165) is 24.6 Å². The minimum atomic E-state index is 0.472. The molecule has 0 amide bonds. The maximum atomic E-state index is 6.09. The third-order valence-corrected chi connectivity index (χ3v) is 3.93. The number of hydrogen-bond donors (Lipinski definition) is 1. The monoisotopic (exact) mass is 283 g/mol. The Hall–Kier alpha value is -1.07. The molecule has 6 heteroatoms. The predicted octanol–water partition coefficient (Wildman–Crippen LogP) is 1.95. The molecule has 1 aliphatic heterocycles. The van der Waals surface area contributed by atoms with E-state index in [9.17, 15) is 0 Å². The molecule has 2 rings (SSSR count). The second-order valence-electron chi connectivity index (χ2n) is 5.26. The van der Waals surface area contributed by atoms with Crippen LogP contribution in [-0.2, 0) is 0 Å². The summed E-state index contributed by atoms with van der Waals surface area (Å²) in [5.74, 6) is 1.55. The summed E-state index contributed by atoms with van der Waals surface area (Å²) in [5, 5.41) is 3.55. The Kier molecular flexibility index (Phi) is 4.82. The lowest BCUT2D eigenvalue weighted by Gasteiger charge is -2.33. The molecule has 1 saturated heterocycles. The number of hydrogen-bond acceptors (Lipinski definition) is 5. The Labute approximate surface area is 120 Å². The van der Waals surface area contributed by atoms with E-state index in [2.05, 4.69) is 39.2 Å². The SMILES string of the molecule is CNc1c(Cl)ncnc1N(C)CC1CCCN(C)C1. The van der Waals surface area contributed by atoms with Crippen molar-refractivity contribution in [2.24, 2.45) is 5.92 Å². The highest BCUT2D eigenvalue weighted by molar-refractivity contribution is 6.32. The molecule has 0 aliphatic carbocycles. The van der Waals surface area contributed by atoms with Crippen LogP contribution in [-0.4, -0.2) is 55.6 Å². The van der Waals surface area contributed by atoms with Crippen molar-refractivity contribution < 1.29 is 0 Å². The lowest BCUT2D eigenvalue weighted by Crippen LogP contribution is -2.38. The number of aromatic nitrogens is 2. The molecule has 106 valence electrons. The van der Waals surface area contributed by atoms with Crippen LogP contribution >= 0.6 is 11.6 Å². The summed E-state index contributed by atoms with van der Waals surface area (Å²) in [4.78, 5) is 12.9. The molecule has 19 heavy (non-hydrogen) atoms. The van der Waals surface area contributed by atoms with Gasteiger partial charge in [-0.25, -0.2) is 9.97 Å². The van der Waals surface area contributed by atoms with Gasteiger partial charge in [-0.2, -0.15) is 0 Å². The first-order valence-electron chi connectivity index (χ1n) is 6.69. The number of halogens is 1. The van der Waals surface area contributed by atoms with E-state index >= 15 is 0 Å². The molecule has 0 spiro atoms. The molecule has 1 unspecified atom stereocenters. The molecule has 0 aromatic carbocycles. The minimum absolute atomic E-state index is 0.472. The van der Waals surface area contributed by atoms with Gasteiger partial charge >= 0.3 is 0 Å². The first-order valence-corrected chi connectivity index (χ1v) is 7.07. The van der Waals surface area contributed by atoms with Gasteiger partial charge in [0.25, 0.3) is 0 Å². The normalized spacial score (nSPS) is 20.3. The number of piperidine rings is 1. The molecular weight excluding hydrogens is 262 g/mol. The summed E-state index contributed by atoms with van der Waals surface area (Å²) in [6.07, 6.45) is 4.07. The van der Waals surface area contributed by atoms with Crippen molar-refractivity contribution in [3.05, 3.63) is 11.5 Å². The molecule has 0 bridgehead atoms. The van der Waals surface area contributed by atoms with E-state index in [0.29, 0.717) is 11.1 Å². The van der Waals surface area contributed by atoms with Gasteiger partial charge in [0, 0.05) is 27.2 Å². The van der Waals surface area contributed by atoms with Gasteiger partial charge in [0.15, 0.2) is 11.0 Å². The topological polar surface area (TPSA) is 44.3 Å². The molecule has 1 aromatic heterocycles. The van der Waals surface area contributed by atoms with E-state index in [-0.39, 0.29) is 0 Å². The van der Waals surface area contributed by atoms with Gasteiger partial charge in [0.2, 0.25) is 0 Å². The second kappa shape index (κ2) is 6.39. The Balaban J connectivity index is 2.07. The molecule has 1 aliphatic rings. The number of nitrogens with zero attached hydrogens (tertiary/aromatic N) is 4. The Morgan fingerprint density at radius 1 is 1.53 bits per heavy atom. The maximum absolute atomic E-state index is 6.09. The molecule has 2 heterocycles. The van der Waals surface area contributed by atoms with Crippen LogP contribution in [0.1, 0.15) is 12.8 Å². The molecule has 1 aromatic rings. The zero-order valence-corrected chi connectivity index (χ0v) is 12.6. The van der Waals surface area contributed by atoms with Crippen molar-refractivity contribution in [2.75, 3.05) is 51.0 Å². The highest BCUT2D eigenvalue weighted by Gasteiger charge is 2.21. The fraction of sp³-hybridized carbons (Fsp3) is 0.692. The standard InChI is InChI=1S/C13H22ClN5/c1-15-11-12(14)16-9-17-13(11)19(3)8-10-5-4-6-18(2)7-10/h9-10,15H,4-8H2,1-3H3. The fourth-order valence-corrected chi connectivity index (χ4v) is 2.98. The van der Waals surface area contributed by atoms with Crippen LogP contribution in [0.25, 0.3) is 0 Å². The third kappa shape index (κ3) is 3.48. The van der Waals surface area contributed by atoms with Gasteiger partial charge in [-0.1, -0.05) is 11.6 Å². The number of nitrogens with one attached hydrogen (secondary N) is 1. The maximum Gasteiger partial charge on any atom is 0.157 e. The van der Waals surface area contributed by atoms with Gasteiger partial charge in [0.05, 0.1) is 0 Å². The zero-order chi connectivity index (χ0) is 13.8. The smallest absolute Gasteiger partial charge is 0.157 e. The number of likely N-dealkylation sites (tertiary alicyclic amines) is 1. The fourth-order valence-electron chi connectivity index (χ4n) is 2.76. The number of anilines is 2. The van der Waals surface area contributed by atoms with E-state index in [4.69, 9.17) is 11.6 Å². The summed E-state index contributed by atoms with van der Waals surface area (Å²) < 4.78 is 0. The first kappa shape index (κ1) is 14.3. The Morgan fingerprint density at radius 3 is 3.00 bits per heavy atom. The molecule has 5 nitrogen and oxygen atoms in total. The predicted molar refractivity (Wildman–Crippen MR) is 80.1 cm³/mol. The first-order chi connectivity index (χ1) is 9.11. The lowest BCUT2D eigenvalue weighted by atomic mass is 9.98. The van der Waals surface area contributed by atoms with E-state index in [1.54, 1.807) is 0 Å². The third-order valence-electron chi connectivity index (χ3n) is 3.65. The van der Waals surface area contributed by atoms with E-state index in [1.807, 2.05) is 7.05 Å². The second-order valence-corrected chi connectivity index (χ2v) is 5.62. The molecule has 1 atom stereocenters. The summed E-state index contributed by atoms with van der Waals surface area (Å²) in [7, 11) is 6.09. The van der Waals surface area contributed by atoms with Crippen LogP contribution in [0.4, 0.5) is 11.5 Å². The van der Waals surface area contributed by atoms with Crippen LogP contribution in [0.2, 0.25) is 5.15 Å². The largest absolute Gasteiger partial charge is 0.383 e. The summed E-state index contributed by atoms with van der Waals surface area (Å²) in [6, 6.07) is 0. The van der Waals surface area contributed by atoms with Gasteiger partial charge in [0.1, 0.15) is 12.0 Å². The van der Waals surface area contributed by atoms with Crippen molar-refractivity contribution >= 4 is 23.1 Å². The van der Waals surface area contributed by atoms with E-state index < -0.39 is 0 Å². The Morgan fingerprint density at radius 2 is 2.32 bits per heavy atom. The van der Waals surface area contributed by atoms with Crippen LogP contribution < -0.4 is 10.2 Å². The quantitative estimate of drug-likeness (QED) is 0.856. The molecule has 0 radical (unpaired) electrons. The molecule has 1 N–H and O–H groups in total. The van der Waals surface area contributed by atoms with Crippen molar-refractivity contribution in [2.45, 2.75) is 12.8 Å². The average Bonchev–Trinajstić information content (AvgIpc) is 2.38.